The molecule has 6 nitrogen and oxygen atoms in total. The Bertz CT molecular complexity index is 498. The Morgan fingerprint density at radius 3 is 2.80 bits per heavy atom. The third-order valence-electron chi connectivity index (χ3n) is 3.55. The predicted octanol–water partition coefficient (Wildman–Crippen LogP) is 2.14. The molecule has 2 rings (SSSR count). The van der Waals surface area contributed by atoms with Crippen LogP contribution in [0, 0.1) is 16.0 Å². The summed E-state index contributed by atoms with van der Waals surface area (Å²) < 4.78 is 0. The van der Waals surface area contributed by atoms with E-state index in [2.05, 4.69) is 16.8 Å². The van der Waals surface area contributed by atoms with Crippen molar-refractivity contribution in [1.29, 1.82) is 0 Å². The highest BCUT2D eigenvalue weighted by Gasteiger charge is 2.17. The van der Waals surface area contributed by atoms with Crippen molar-refractivity contribution in [2.24, 2.45) is 16.6 Å². The van der Waals surface area contributed by atoms with Gasteiger partial charge in [0.05, 0.1) is 11.5 Å². The number of nitrogens with zero attached hydrogens (tertiary/aromatic N) is 3. The van der Waals surface area contributed by atoms with Gasteiger partial charge in [0.2, 0.25) is 0 Å². The SMILES string of the molecule is CC1CCCN(C(N)=NCc2ccc([N+](=O)[O-])cc2)C1. The van der Waals surface area contributed by atoms with Crippen molar-refractivity contribution >= 4 is 11.6 Å². The minimum atomic E-state index is -0.406. The first-order valence-corrected chi connectivity index (χ1v) is 6.84. The normalized spacial score (nSPS) is 19.9. The van der Waals surface area contributed by atoms with Crippen molar-refractivity contribution in [1.82, 2.24) is 4.90 Å². The molecule has 1 aromatic rings. The quantitative estimate of drug-likeness (QED) is 0.397. The summed E-state index contributed by atoms with van der Waals surface area (Å²) in [6.45, 7) is 4.58. The monoisotopic (exact) mass is 276 g/mol. The smallest absolute Gasteiger partial charge is 0.269 e. The van der Waals surface area contributed by atoms with Gasteiger partial charge in [0, 0.05) is 25.2 Å². The van der Waals surface area contributed by atoms with Crippen LogP contribution in [0.3, 0.4) is 0 Å². The van der Waals surface area contributed by atoms with Crippen LogP contribution < -0.4 is 5.73 Å². The molecule has 1 heterocycles. The average Bonchev–Trinajstić information content (AvgIpc) is 2.45. The number of likely N-dealkylation sites (tertiary alicyclic amines) is 1. The van der Waals surface area contributed by atoms with Gasteiger partial charge in [-0.3, -0.25) is 10.1 Å². The first-order valence-electron chi connectivity index (χ1n) is 6.84. The van der Waals surface area contributed by atoms with E-state index in [4.69, 9.17) is 5.73 Å². The lowest BCUT2D eigenvalue weighted by atomic mass is 10.0. The summed E-state index contributed by atoms with van der Waals surface area (Å²) in [5, 5.41) is 10.6. The Balaban J connectivity index is 1.95. The number of piperidine rings is 1. The number of non-ortho nitro benzene ring substituents is 1. The number of nitro benzene ring substituents is 1. The van der Waals surface area contributed by atoms with Crippen LogP contribution in [-0.2, 0) is 6.54 Å². The van der Waals surface area contributed by atoms with Gasteiger partial charge in [0.25, 0.3) is 5.69 Å². The molecule has 0 radical (unpaired) electrons. The van der Waals surface area contributed by atoms with Crippen LogP contribution in [0.2, 0.25) is 0 Å². The minimum Gasteiger partial charge on any atom is -0.370 e. The Labute approximate surface area is 118 Å². The maximum Gasteiger partial charge on any atom is 0.269 e. The van der Waals surface area contributed by atoms with E-state index in [-0.39, 0.29) is 5.69 Å². The Hall–Kier alpha value is -2.11. The van der Waals surface area contributed by atoms with Gasteiger partial charge in [-0.1, -0.05) is 19.1 Å². The summed E-state index contributed by atoms with van der Waals surface area (Å²) in [4.78, 5) is 16.6. The van der Waals surface area contributed by atoms with Gasteiger partial charge in [-0.25, -0.2) is 4.99 Å². The second-order valence-corrected chi connectivity index (χ2v) is 5.29. The molecule has 2 N–H and O–H groups in total. The number of nitro groups is 1. The molecular formula is C14H20N4O2. The molecule has 1 aliphatic heterocycles. The second kappa shape index (κ2) is 6.36. The number of hydrogen-bond donors (Lipinski definition) is 1. The summed E-state index contributed by atoms with van der Waals surface area (Å²) in [6, 6.07) is 6.41. The number of benzene rings is 1. The maximum absolute atomic E-state index is 10.6. The highest BCUT2D eigenvalue weighted by Crippen LogP contribution is 2.16. The van der Waals surface area contributed by atoms with Crippen LogP contribution >= 0.6 is 0 Å². The fourth-order valence-electron chi connectivity index (χ4n) is 2.39. The van der Waals surface area contributed by atoms with Crippen LogP contribution in [0.1, 0.15) is 25.3 Å². The molecule has 20 heavy (non-hydrogen) atoms. The van der Waals surface area contributed by atoms with E-state index in [0.717, 1.165) is 25.1 Å². The predicted molar refractivity (Wildman–Crippen MR) is 78.4 cm³/mol. The molecule has 0 aliphatic carbocycles. The minimum absolute atomic E-state index is 0.0931. The van der Waals surface area contributed by atoms with Crippen LogP contribution in [0.15, 0.2) is 29.3 Å². The van der Waals surface area contributed by atoms with Gasteiger partial charge < -0.3 is 10.6 Å². The Morgan fingerprint density at radius 2 is 2.20 bits per heavy atom. The van der Waals surface area contributed by atoms with E-state index in [9.17, 15) is 10.1 Å². The topological polar surface area (TPSA) is 84.8 Å². The van der Waals surface area contributed by atoms with Crippen LogP contribution in [0.25, 0.3) is 0 Å². The van der Waals surface area contributed by atoms with Gasteiger partial charge >= 0.3 is 0 Å². The summed E-state index contributed by atoms with van der Waals surface area (Å²) in [7, 11) is 0. The number of aliphatic imine (C=N–C) groups is 1. The molecular weight excluding hydrogens is 256 g/mol. The first kappa shape index (κ1) is 14.3. The second-order valence-electron chi connectivity index (χ2n) is 5.29. The van der Waals surface area contributed by atoms with Gasteiger partial charge in [0.15, 0.2) is 5.96 Å². The van der Waals surface area contributed by atoms with E-state index >= 15 is 0 Å². The van der Waals surface area contributed by atoms with Gasteiger partial charge in [-0.05, 0) is 24.3 Å². The zero-order valence-electron chi connectivity index (χ0n) is 11.7. The molecule has 0 spiro atoms. The van der Waals surface area contributed by atoms with Crippen LogP contribution in [-0.4, -0.2) is 28.9 Å². The summed E-state index contributed by atoms with van der Waals surface area (Å²) >= 11 is 0. The Morgan fingerprint density at radius 1 is 1.50 bits per heavy atom. The molecule has 1 unspecified atom stereocenters. The van der Waals surface area contributed by atoms with E-state index < -0.39 is 4.92 Å². The van der Waals surface area contributed by atoms with Crippen molar-refractivity contribution in [2.45, 2.75) is 26.3 Å². The zero-order valence-corrected chi connectivity index (χ0v) is 11.7. The maximum atomic E-state index is 10.6. The van der Waals surface area contributed by atoms with Crippen molar-refractivity contribution in [3.63, 3.8) is 0 Å². The molecule has 108 valence electrons. The van der Waals surface area contributed by atoms with Crippen molar-refractivity contribution in [2.75, 3.05) is 13.1 Å². The number of guanidine groups is 1. The van der Waals surface area contributed by atoms with Crippen molar-refractivity contribution in [3.8, 4) is 0 Å². The highest BCUT2D eigenvalue weighted by molar-refractivity contribution is 5.78. The Kier molecular flexibility index (Phi) is 4.55. The molecule has 0 bridgehead atoms. The van der Waals surface area contributed by atoms with Crippen molar-refractivity contribution < 1.29 is 4.92 Å². The fraction of sp³-hybridized carbons (Fsp3) is 0.500. The van der Waals surface area contributed by atoms with E-state index in [1.54, 1.807) is 12.1 Å². The fourth-order valence-corrected chi connectivity index (χ4v) is 2.39. The summed E-state index contributed by atoms with van der Waals surface area (Å²) in [6.07, 6.45) is 2.39. The average molecular weight is 276 g/mol. The molecule has 1 aliphatic rings. The summed E-state index contributed by atoms with van der Waals surface area (Å²) in [5.41, 5.74) is 7.02. The zero-order chi connectivity index (χ0) is 14.5. The number of nitrogens with two attached hydrogens (primary N) is 1. The largest absolute Gasteiger partial charge is 0.370 e. The lowest BCUT2D eigenvalue weighted by molar-refractivity contribution is -0.384. The molecule has 1 fully saturated rings. The van der Waals surface area contributed by atoms with Crippen molar-refractivity contribution in [3.05, 3.63) is 39.9 Å². The molecule has 1 atom stereocenters. The molecule has 0 saturated carbocycles. The molecule has 6 heteroatoms. The molecule has 1 aromatic carbocycles. The van der Waals surface area contributed by atoms with Gasteiger partial charge in [-0.15, -0.1) is 0 Å². The summed E-state index contributed by atoms with van der Waals surface area (Å²) in [5.74, 6) is 1.21. The third-order valence-corrected chi connectivity index (χ3v) is 3.55. The van der Waals surface area contributed by atoms with Crippen LogP contribution in [0.5, 0.6) is 0 Å². The number of hydrogen-bond acceptors (Lipinski definition) is 3. The van der Waals surface area contributed by atoms with E-state index in [0.29, 0.717) is 18.4 Å². The third kappa shape index (κ3) is 3.69. The standard InChI is InChI=1S/C14H20N4O2/c1-11-3-2-8-17(10-11)14(15)16-9-12-4-6-13(7-5-12)18(19)20/h4-7,11H,2-3,8-10H2,1H3,(H2,15,16). The van der Waals surface area contributed by atoms with Gasteiger partial charge in [-0.2, -0.15) is 0 Å². The molecule has 0 aromatic heterocycles. The van der Waals surface area contributed by atoms with E-state index in [1.807, 2.05) is 0 Å². The van der Waals surface area contributed by atoms with E-state index in [1.165, 1.54) is 18.6 Å². The lowest BCUT2D eigenvalue weighted by Gasteiger charge is -2.31. The number of rotatable bonds is 3. The molecule has 0 amide bonds. The first-order chi connectivity index (χ1) is 9.56. The highest BCUT2D eigenvalue weighted by atomic mass is 16.6. The van der Waals surface area contributed by atoms with Gasteiger partial charge in [0.1, 0.15) is 0 Å². The lowest BCUT2D eigenvalue weighted by Crippen LogP contribution is -2.43. The van der Waals surface area contributed by atoms with Crippen LogP contribution in [0.4, 0.5) is 5.69 Å². The molecule has 1 saturated heterocycles.